The average Bonchev–Trinajstić information content (AvgIpc) is 2.84. The van der Waals surface area contributed by atoms with Crippen LogP contribution in [-0.2, 0) is 18.4 Å². The number of nitrogens with two attached hydrogens (primary N) is 1. The molecule has 1 aliphatic heterocycles. The van der Waals surface area contributed by atoms with E-state index in [4.69, 9.17) is 10.3 Å². The van der Waals surface area contributed by atoms with E-state index in [9.17, 15) is 0 Å². The van der Waals surface area contributed by atoms with E-state index < -0.39 is 0 Å². The second kappa shape index (κ2) is 7.18. The standard InChI is InChI=1S/C16H20N4O.2ClH/c17-16(6-1-7-16)15-19-14(21-20-15)13-3-2-11-4-8-18-9-5-12(11)10-13;;/h2-3,10,18H,1,4-9,17H2;2*1H. The molecule has 0 spiro atoms. The van der Waals surface area contributed by atoms with Crippen molar-refractivity contribution in [2.24, 2.45) is 5.73 Å². The second-order valence-corrected chi connectivity index (χ2v) is 6.17. The van der Waals surface area contributed by atoms with Gasteiger partial charge in [0.05, 0.1) is 5.54 Å². The van der Waals surface area contributed by atoms with Crippen LogP contribution in [0.15, 0.2) is 22.7 Å². The molecule has 0 bridgehead atoms. The summed E-state index contributed by atoms with van der Waals surface area (Å²) < 4.78 is 5.44. The van der Waals surface area contributed by atoms with Crippen molar-refractivity contribution in [3.8, 4) is 11.5 Å². The van der Waals surface area contributed by atoms with E-state index >= 15 is 0 Å². The third-order valence-electron chi connectivity index (χ3n) is 4.71. The molecule has 1 aromatic heterocycles. The van der Waals surface area contributed by atoms with Gasteiger partial charge in [0.15, 0.2) is 5.82 Å². The molecule has 3 N–H and O–H groups in total. The molecule has 1 aromatic carbocycles. The molecule has 5 nitrogen and oxygen atoms in total. The fourth-order valence-electron chi connectivity index (χ4n) is 3.13. The predicted octanol–water partition coefficient (Wildman–Crippen LogP) is 2.61. The van der Waals surface area contributed by atoms with Crippen molar-refractivity contribution in [2.75, 3.05) is 13.1 Å². The lowest BCUT2D eigenvalue weighted by Gasteiger charge is -2.34. The number of aromatic nitrogens is 2. The molecule has 2 aliphatic rings. The molecule has 126 valence electrons. The lowest BCUT2D eigenvalue weighted by atomic mass is 9.77. The van der Waals surface area contributed by atoms with Crippen molar-refractivity contribution in [2.45, 2.75) is 37.6 Å². The van der Waals surface area contributed by atoms with Crippen LogP contribution in [0.3, 0.4) is 0 Å². The zero-order valence-corrected chi connectivity index (χ0v) is 14.5. The molecule has 0 saturated heterocycles. The van der Waals surface area contributed by atoms with Crippen molar-refractivity contribution in [3.63, 3.8) is 0 Å². The minimum atomic E-state index is -0.364. The molecule has 2 aromatic rings. The van der Waals surface area contributed by atoms with Crippen LogP contribution in [0, 0.1) is 0 Å². The van der Waals surface area contributed by atoms with Gasteiger partial charge in [-0.05, 0) is 68.5 Å². The zero-order chi connectivity index (χ0) is 14.3. The van der Waals surface area contributed by atoms with E-state index in [0.717, 1.165) is 50.8 Å². The van der Waals surface area contributed by atoms with E-state index in [-0.39, 0.29) is 30.4 Å². The van der Waals surface area contributed by atoms with Gasteiger partial charge >= 0.3 is 0 Å². The lowest BCUT2D eigenvalue weighted by Crippen LogP contribution is -2.44. The highest BCUT2D eigenvalue weighted by Crippen LogP contribution is 2.37. The molecular weight excluding hydrogens is 335 g/mol. The molecule has 1 fully saturated rings. The van der Waals surface area contributed by atoms with E-state index in [0.29, 0.717) is 11.7 Å². The summed E-state index contributed by atoms with van der Waals surface area (Å²) in [6.07, 6.45) is 5.16. The largest absolute Gasteiger partial charge is 0.334 e. The van der Waals surface area contributed by atoms with Gasteiger partial charge in [-0.1, -0.05) is 11.2 Å². The Bertz CT molecular complexity index is 670. The Balaban J connectivity index is 0.000000960. The first-order valence-electron chi connectivity index (χ1n) is 7.71. The lowest BCUT2D eigenvalue weighted by molar-refractivity contribution is 0.229. The third kappa shape index (κ3) is 3.38. The van der Waals surface area contributed by atoms with Crippen molar-refractivity contribution in [1.82, 2.24) is 15.5 Å². The highest BCUT2D eigenvalue weighted by atomic mass is 35.5. The zero-order valence-electron chi connectivity index (χ0n) is 12.9. The molecule has 0 unspecified atom stereocenters. The smallest absolute Gasteiger partial charge is 0.258 e. The maximum atomic E-state index is 6.25. The summed E-state index contributed by atoms with van der Waals surface area (Å²) in [5, 5.41) is 7.52. The number of halogens is 2. The normalized spacial score (nSPS) is 18.7. The number of hydrogen-bond acceptors (Lipinski definition) is 5. The maximum absolute atomic E-state index is 6.25. The fraction of sp³-hybridized carbons (Fsp3) is 0.500. The Labute approximate surface area is 148 Å². The Morgan fingerprint density at radius 3 is 2.52 bits per heavy atom. The molecule has 0 atom stereocenters. The van der Waals surface area contributed by atoms with Gasteiger partial charge in [0.1, 0.15) is 0 Å². The molecule has 7 heteroatoms. The maximum Gasteiger partial charge on any atom is 0.258 e. The van der Waals surface area contributed by atoms with Crippen LogP contribution in [0.2, 0.25) is 0 Å². The predicted molar refractivity (Wildman–Crippen MR) is 94.2 cm³/mol. The number of nitrogens with one attached hydrogen (secondary N) is 1. The van der Waals surface area contributed by atoms with Crippen molar-refractivity contribution in [1.29, 1.82) is 0 Å². The van der Waals surface area contributed by atoms with Crippen LogP contribution in [0.25, 0.3) is 11.5 Å². The first kappa shape index (κ1) is 18.2. The topological polar surface area (TPSA) is 77.0 Å². The molecule has 4 rings (SSSR count). The van der Waals surface area contributed by atoms with Gasteiger partial charge in [0, 0.05) is 5.56 Å². The number of benzene rings is 1. The Morgan fingerprint density at radius 1 is 1.09 bits per heavy atom. The Morgan fingerprint density at radius 2 is 1.83 bits per heavy atom. The summed E-state index contributed by atoms with van der Waals surface area (Å²) in [7, 11) is 0. The highest BCUT2D eigenvalue weighted by molar-refractivity contribution is 5.85. The van der Waals surface area contributed by atoms with Gasteiger partial charge in [-0.2, -0.15) is 4.98 Å². The minimum absolute atomic E-state index is 0. The molecule has 23 heavy (non-hydrogen) atoms. The Hall–Kier alpha value is -1.14. The quantitative estimate of drug-likeness (QED) is 0.864. The summed E-state index contributed by atoms with van der Waals surface area (Å²) in [6, 6.07) is 6.44. The van der Waals surface area contributed by atoms with Crippen LogP contribution in [0.1, 0.15) is 36.2 Å². The molecule has 0 radical (unpaired) electrons. The monoisotopic (exact) mass is 356 g/mol. The number of hydrogen-bond donors (Lipinski definition) is 2. The van der Waals surface area contributed by atoms with Crippen LogP contribution in [0.4, 0.5) is 0 Å². The SMILES string of the molecule is Cl.Cl.NC1(c2noc(-c3ccc4c(c3)CCNCC4)n2)CCC1. The van der Waals surface area contributed by atoms with E-state index in [1.165, 1.54) is 11.1 Å². The average molecular weight is 357 g/mol. The second-order valence-electron chi connectivity index (χ2n) is 6.17. The van der Waals surface area contributed by atoms with Gasteiger partial charge in [-0.25, -0.2) is 0 Å². The highest BCUT2D eigenvalue weighted by Gasteiger charge is 2.39. The summed E-state index contributed by atoms with van der Waals surface area (Å²) in [4.78, 5) is 4.53. The van der Waals surface area contributed by atoms with Crippen LogP contribution < -0.4 is 11.1 Å². The van der Waals surface area contributed by atoms with Gasteiger partial charge in [-0.15, -0.1) is 24.8 Å². The van der Waals surface area contributed by atoms with Crippen molar-refractivity contribution >= 4 is 24.8 Å². The Kier molecular flexibility index (Phi) is 5.68. The first-order valence-corrected chi connectivity index (χ1v) is 7.71. The molecule has 0 amide bonds. The van der Waals surface area contributed by atoms with Gasteiger partial charge in [-0.3, -0.25) is 0 Å². The van der Waals surface area contributed by atoms with E-state index in [1.807, 2.05) is 0 Å². The minimum Gasteiger partial charge on any atom is -0.334 e. The number of rotatable bonds is 2. The van der Waals surface area contributed by atoms with Crippen LogP contribution in [0.5, 0.6) is 0 Å². The molecule has 2 heterocycles. The van der Waals surface area contributed by atoms with Gasteiger partial charge < -0.3 is 15.6 Å². The third-order valence-corrected chi connectivity index (χ3v) is 4.71. The van der Waals surface area contributed by atoms with Gasteiger partial charge in [0.2, 0.25) is 0 Å². The molecule has 1 saturated carbocycles. The fourth-order valence-corrected chi connectivity index (χ4v) is 3.13. The first-order chi connectivity index (χ1) is 10.2. The number of fused-ring (bicyclic) bond motifs is 1. The summed E-state index contributed by atoms with van der Waals surface area (Å²) >= 11 is 0. The van der Waals surface area contributed by atoms with E-state index in [2.05, 4.69) is 33.7 Å². The summed E-state index contributed by atoms with van der Waals surface area (Å²) in [5.74, 6) is 1.24. The van der Waals surface area contributed by atoms with Crippen LogP contribution in [-0.4, -0.2) is 23.2 Å². The van der Waals surface area contributed by atoms with Gasteiger partial charge in [0.25, 0.3) is 5.89 Å². The number of nitrogens with zero attached hydrogens (tertiary/aromatic N) is 2. The molecule has 1 aliphatic carbocycles. The van der Waals surface area contributed by atoms with Crippen molar-refractivity contribution in [3.05, 3.63) is 35.2 Å². The van der Waals surface area contributed by atoms with E-state index in [1.54, 1.807) is 0 Å². The molecular formula is C16H22Cl2N4O. The summed E-state index contributed by atoms with van der Waals surface area (Å²) in [6.45, 7) is 2.07. The summed E-state index contributed by atoms with van der Waals surface area (Å²) in [5.41, 5.74) is 9.68. The van der Waals surface area contributed by atoms with Crippen molar-refractivity contribution < 1.29 is 4.52 Å². The van der Waals surface area contributed by atoms with Crippen LogP contribution >= 0.6 is 24.8 Å².